The number of hydrogen-bond acceptors (Lipinski definition) is 3. The van der Waals surface area contributed by atoms with E-state index in [2.05, 4.69) is 108 Å². The highest BCUT2D eigenvalue weighted by atomic mass is 16.5. The number of rotatable bonds is 10. The number of nitrogens with zero attached hydrogens (tertiary/aromatic N) is 2. The van der Waals surface area contributed by atoms with Crippen molar-refractivity contribution in [3.63, 3.8) is 0 Å². The second-order valence-electron chi connectivity index (χ2n) is 8.14. The van der Waals surface area contributed by atoms with E-state index in [0.29, 0.717) is 6.04 Å². The van der Waals surface area contributed by atoms with Crippen molar-refractivity contribution < 1.29 is 4.74 Å². The molecule has 3 nitrogen and oxygen atoms in total. The third kappa shape index (κ3) is 5.84. The minimum absolute atomic E-state index is 0.329. The smallest absolute Gasteiger partial charge is 0.118 e. The molecule has 0 unspecified atom stereocenters. The molecule has 3 aromatic carbocycles. The summed E-state index contributed by atoms with van der Waals surface area (Å²) in [5, 5.41) is 0. The first-order valence-corrected chi connectivity index (χ1v) is 11.2. The third-order valence-corrected chi connectivity index (χ3v) is 6.09. The Morgan fingerprint density at radius 1 is 0.903 bits per heavy atom. The van der Waals surface area contributed by atoms with Crippen LogP contribution < -0.4 is 4.74 Å². The van der Waals surface area contributed by atoms with Crippen LogP contribution >= 0.6 is 0 Å². The average molecular weight is 413 g/mol. The van der Waals surface area contributed by atoms with E-state index in [1.54, 1.807) is 7.11 Å². The van der Waals surface area contributed by atoms with Gasteiger partial charge in [-0.3, -0.25) is 9.80 Å². The van der Waals surface area contributed by atoms with Gasteiger partial charge in [0.05, 0.1) is 7.11 Å². The van der Waals surface area contributed by atoms with Crippen molar-refractivity contribution in [2.45, 2.75) is 13.0 Å². The van der Waals surface area contributed by atoms with E-state index >= 15 is 0 Å². The third-order valence-electron chi connectivity index (χ3n) is 6.09. The Morgan fingerprint density at radius 2 is 1.48 bits per heavy atom. The maximum absolute atomic E-state index is 5.34. The summed E-state index contributed by atoms with van der Waals surface area (Å²) in [5.74, 6) is 0.905. The first-order chi connectivity index (χ1) is 15.2. The predicted octanol–water partition coefficient (Wildman–Crippen LogP) is 5.51. The lowest BCUT2D eigenvalue weighted by atomic mass is 9.97. The van der Waals surface area contributed by atoms with Crippen molar-refractivity contribution in [1.82, 2.24) is 9.80 Å². The SMILES string of the molecule is COc1ccc([C@@H](C)N(CC=C(c2ccccc2)c2ccccc2)CCN2CC2)cc1. The molecule has 0 N–H and O–H groups in total. The van der Waals surface area contributed by atoms with Crippen LogP contribution in [0.25, 0.3) is 5.57 Å². The molecule has 1 fully saturated rings. The van der Waals surface area contributed by atoms with Crippen LogP contribution in [0, 0.1) is 0 Å². The zero-order valence-corrected chi connectivity index (χ0v) is 18.6. The summed E-state index contributed by atoms with van der Waals surface area (Å²) in [5.41, 5.74) is 5.13. The molecule has 0 spiro atoms. The van der Waals surface area contributed by atoms with Gasteiger partial charge >= 0.3 is 0 Å². The standard InChI is InChI=1S/C28H32N2O/c1-23(24-13-15-27(31-2)16-14-24)30(22-21-29-19-20-29)18-17-28(25-9-5-3-6-10-25)26-11-7-4-8-12-26/h3-17,23H,18-22H2,1-2H3/t23-/m1/s1. The van der Waals surface area contributed by atoms with Gasteiger partial charge in [0.2, 0.25) is 0 Å². The molecule has 0 bridgehead atoms. The molecule has 1 aliphatic rings. The molecule has 0 amide bonds. The zero-order valence-electron chi connectivity index (χ0n) is 18.6. The Morgan fingerprint density at radius 3 is 2.00 bits per heavy atom. The van der Waals surface area contributed by atoms with Gasteiger partial charge < -0.3 is 4.74 Å². The van der Waals surface area contributed by atoms with Crippen molar-refractivity contribution in [1.29, 1.82) is 0 Å². The minimum atomic E-state index is 0.329. The molecule has 0 aromatic heterocycles. The van der Waals surface area contributed by atoms with Crippen LogP contribution in [0.4, 0.5) is 0 Å². The summed E-state index contributed by atoms with van der Waals surface area (Å²) in [6, 6.07) is 30.2. The summed E-state index contributed by atoms with van der Waals surface area (Å²) in [4.78, 5) is 5.07. The number of ether oxygens (including phenoxy) is 1. The van der Waals surface area contributed by atoms with Crippen molar-refractivity contribution in [2.24, 2.45) is 0 Å². The van der Waals surface area contributed by atoms with E-state index in [4.69, 9.17) is 4.74 Å². The van der Waals surface area contributed by atoms with Crippen LogP contribution in [0.1, 0.15) is 29.7 Å². The summed E-state index contributed by atoms with van der Waals surface area (Å²) >= 11 is 0. The van der Waals surface area contributed by atoms with Gasteiger partial charge in [-0.2, -0.15) is 0 Å². The van der Waals surface area contributed by atoms with Gasteiger partial charge in [-0.05, 0) is 41.3 Å². The molecule has 1 atom stereocenters. The van der Waals surface area contributed by atoms with Crippen LogP contribution in [0.15, 0.2) is 91.0 Å². The molecule has 1 heterocycles. The molecule has 0 radical (unpaired) electrons. The molecule has 31 heavy (non-hydrogen) atoms. The lowest BCUT2D eigenvalue weighted by molar-refractivity contribution is 0.223. The molecule has 1 saturated heterocycles. The normalized spacial score (nSPS) is 14.3. The Bertz CT molecular complexity index is 921. The molecule has 4 rings (SSSR count). The van der Waals surface area contributed by atoms with Crippen LogP contribution in [0.3, 0.4) is 0 Å². The topological polar surface area (TPSA) is 15.5 Å². The van der Waals surface area contributed by atoms with Gasteiger partial charge in [0.1, 0.15) is 5.75 Å². The van der Waals surface area contributed by atoms with Crippen LogP contribution in [-0.2, 0) is 0 Å². The Hall–Kier alpha value is -2.88. The molecule has 0 aliphatic carbocycles. The molecule has 0 saturated carbocycles. The van der Waals surface area contributed by atoms with Gasteiger partial charge in [-0.15, -0.1) is 0 Å². The van der Waals surface area contributed by atoms with Gasteiger partial charge in [-0.25, -0.2) is 0 Å². The van der Waals surface area contributed by atoms with Crippen LogP contribution in [-0.4, -0.2) is 49.6 Å². The lowest BCUT2D eigenvalue weighted by Gasteiger charge is -2.29. The van der Waals surface area contributed by atoms with Crippen LogP contribution in [0.2, 0.25) is 0 Å². The molecule has 1 aliphatic heterocycles. The average Bonchev–Trinajstić information content (AvgIpc) is 3.67. The monoisotopic (exact) mass is 412 g/mol. The second-order valence-corrected chi connectivity index (χ2v) is 8.14. The first kappa shape index (κ1) is 21.4. The predicted molar refractivity (Wildman–Crippen MR) is 129 cm³/mol. The van der Waals surface area contributed by atoms with E-state index in [-0.39, 0.29) is 0 Å². The Balaban J connectivity index is 1.59. The quantitative estimate of drug-likeness (QED) is 0.409. The molecular weight excluding hydrogens is 380 g/mol. The highest BCUT2D eigenvalue weighted by Crippen LogP contribution is 2.26. The maximum atomic E-state index is 5.34. The lowest BCUT2D eigenvalue weighted by Crippen LogP contribution is -2.32. The summed E-state index contributed by atoms with van der Waals surface area (Å²) in [6.45, 7) is 7.86. The van der Waals surface area contributed by atoms with Gasteiger partial charge in [-0.1, -0.05) is 78.9 Å². The van der Waals surface area contributed by atoms with E-state index in [1.165, 1.54) is 35.4 Å². The second kappa shape index (κ2) is 10.4. The number of methoxy groups -OCH3 is 1. The van der Waals surface area contributed by atoms with Crippen molar-refractivity contribution in [2.75, 3.05) is 39.8 Å². The zero-order chi connectivity index (χ0) is 21.5. The highest BCUT2D eigenvalue weighted by molar-refractivity contribution is 5.79. The largest absolute Gasteiger partial charge is 0.497 e. The number of benzene rings is 3. The van der Waals surface area contributed by atoms with E-state index in [9.17, 15) is 0 Å². The Kier molecular flexibility index (Phi) is 7.18. The molecule has 3 aromatic rings. The molecule has 160 valence electrons. The van der Waals surface area contributed by atoms with Crippen molar-refractivity contribution in [3.05, 3.63) is 108 Å². The first-order valence-electron chi connectivity index (χ1n) is 11.2. The summed E-state index contributed by atoms with van der Waals surface area (Å²) in [6.07, 6.45) is 2.40. The van der Waals surface area contributed by atoms with Crippen LogP contribution in [0.5, 0.6) is 5.75 Å². The minimum Gasteiger partial charge on any atom is -0.497 e. The van der Waals surface area contributed by atoms with E-state index in [0.717, 1.165) is 25.4 Å². The van der Waals surface area contributed by atoms with Gasteiger partial charge in [0, 0.05) is 38.8 Å². The fourth-order valence-corrected chi connectivity index (χ4v) is 3.95. The van der Waals surface area contributed by atoms with Gasteiger partial charge in [0.25, 0.3) is 0 Å². The summed E-state index contributed by atoms with van der Waals surface area (Å²) < 4.78 is 5.34. The fraction of sp³-hybridized carbons (Fsp3) is 0.286. The van der Waals surface area contributed by atoms with E-state index in [1.807, 2.05) is 0 Å². The Labute approximate surface area is 186 Å². The summed E-state index contributed by atoms with van der Waals surface area (Å²) in [7, 11) is 1.72. The van der Waals surface area contributed by atoms with Crippen molar-refractivity contribution >= 4 is 5.57 Å². The molecule has 3 heteroatoms. The fourth-order valence-electron chi connectivity index (χ4n) is 3.95. The number of hydrogen-bond donors (Lipinski definition) is 0. The highest BCUT2D eigenvalue weighted by Gasteiger charge is 2.21. The molecular formula is C28H32N2O. The van der Waals surface area contributed by atoms with Crippen molar-refractivity contribution in [3.8, 4) is 5.75 Å². The maximum Gasteiger partial charge on any atom is 0.118 e. The van der Waals surface area contributed by atoms with E-state index < -0.39 is 0 Å². The van der Waals surface area contributed by atoms with Gasteiger partial charge in [0.15, 0.2) is 0 Å².